The molecule has 0 unspecified atom stereocenters. The van der Waals surface area contributed by atoms with Crippen LogP contribution in [0.3, 0.4) is 0 Å². The first kappa shape index (κ1) is 18.9. The zero-order valence-corrected chi connectivity index (χ0v) is 17.2. The molecule has 0 radical (unpaired) electrons. The average molecular weight is 403 g/mol. The molecule has 154 valence electrons. The molecule has 0 bridgehead atoms. The number of fused-ring (bicyclic) bond motifs is 1. The molecule has 0 atom stereocenters. The van der Waals surface area contributed by atoms with Crippen LogP contribution in [0.5, 0.6) is 0 Å². The van der Waals surface area contributed by atoms with Crippen LogP contribution in [0.15, 0.2) is 41.5 Å². The fourth-order valence-corrected chi connectivity index (χ4v) is 4.69. The smallest absolute Gasteiger partial charge is 0.267 e. The van der Waals surface area contributed by atoms with Crippen molar-refractivity contribution >= 4 is 5.82 Å². The van der Waals surface area contributed by atoms with E-state index in [1.54, 1.807) is 29.2 Å². The standard InChI is InChI=1S/C23H26N6O/c1-15-25-21-6-2-5-19(21)23(26-15)27-17-7-9-18(10-8-17)29-22(30)12-11-20(28-29)16-4-3-13-24-14-16/h3-4,11-14,17-18H,2,5-10H2,1H3,(H,25,26,27). The minimum Gasteiger partial charge on any atom is -0.367 e. The van der Waals surface area contributed by atoms with Crippen molar-refractivity contribution in [3.8, 4) is 11.3 Å². The predicted octanol–water partition coefficient (Wildman–Crippen LogP) is 3.49. The molecule has 0 saturated heterocycles. The topological polar surface area (TPSA) is 85.6 Å². The number of nitrogens with zero attached hydrogens (tertiary/aromatic N) is 5. The summed E-state index contributed by atoms with van der Waals surface area (Å²) >= 11 is 0. The molecule has 3 aromatic heterocycles. The van der Waals surface area contributed by atoms with Crippen molar-refractivity contribution in [3.05, 3.63) is 64.1 Å². The highest BCUT2D eigenvalue weighted by Gasteiger charge is 2.26. The van der Waals surface area contributed by atoms with E-state index in [4.69, 9.17) is 0 Å². The number of aryl methyl sites for hydroxylation is 2. The van der Waals surface area contributed by atoms with Crippen molar-refractivity contribution in [3.63, 3.8) is 0 Å². The number of nitrogens with one attached hydrogen (secondary N) is 1. The summed E-state index contributed by atoms with van der Waals surface area (Å²) in [6.07, 6.45) is 10.6. The van der Waals surface area contributed by atoms with E-state index >= 15 is 0 Å². The summed E-state index contributed by atoms with van der Waals surface area (Å²) < 4.78 is 1.67. The van der Waals surface area contributed by atoms with E-state index in [0.29, 0.717) is 6.04 Å². The first-order chi connectivity index (χ1) is 14.7. The molecule has 2 aliphatic rings. The van der Waals surface area contributed by atoms with Gasteiger partial charge in [-0.3, -0.25) is 9.78 Å². The second-order valence-corrected chi connectivity index (χ2v) is 8.29. The van der Waals surface area contributed by atoms with Crippen molar-refractivity contribution < 1.29 is 0 Å². The van der Waals surface area contributed by atoms with Crippen LogP contribution in [0.25, 0.3) is 11.3 Å². The van der Waals surface area contributed by atoms with Gasteiger partial charge in [-0.2, -0.15) is 5.10 Å². The first-order valence-electron chi connectivity index (χ1n) is 10.8. The van der Waals surface area contributed by atoms with Crippen molar-refractivity contribution in [2.75, 3.05) is 5.32 Å². The Morgan fingerprint density at radius 2 is 1.93 bits per heavy atom. The van der Waals surface area contributed by atoms with Crippen LogP contribution in [0, 0.1) is 6.92 Å². The Morgan fingerprint density at radius 3 is 2.73 bits per heavy atom. The third-order valence-electron chi connectivity index (χ3n) is 6.21. The van der Waals surface area contributed by atoms with E-state index in [0.717, 1.165) is 67.8 Å². The van der Waals surface area contributed by atoms with Gasteiger partial charge in [-0.05, 0) is 70.1 Å². The molecule has 0 aliphatic heterocycles. The molecule has 2 aliphatic carbocycles. The fourth-order valence-electron chi connectivity index (χ4n) is 4.69. The van der Waals surface area contributed by atoms with Crippen LogP contribution in [0.4, 0.5) is 5.82 Å². The second-order valence-electron chi connectivity index (χ2n) is 8.29. The minimum atomic E-state index is -0.0386. The summed E-state index contributed by atoms with van der Waals surface area (Å²) in [6.45, 7) is 1.97. The number of anilines is 1. The van der Waals surface area contributed by atoms with Crippen LogP contribution < -0.4 is 10.9 Å². The minimum absolute atomic E-state index is 0.0386. The third kappa shape index (κ3) is 3.72. The van der Waals surface area contributed by atoms with Gasteiger partial charge in [0.05, 0.1) is 11.7 Å². The van der Waals surface area contributed by atoms with E-state index in [9.17, 15) is 4.79 Å². The maximum atomic E-state index is 12.5. The summed E-state index contributed by atoms with van der Waals surface area (Å²) in [7, 11) is 0. The van der Waals surface area contributed by atoms with E-state index in [1.165, 1.54) is 11.3 Å². The van der Waals surface area contributed by atoms with Crippen LogP contribution in [0.2, 0.25) is 0 Å². The van der Waals surface area contributed by atoms with Crippen LogP contribution >= 0.6 is 0 Å². The Balaban J connectivity index is 1.30. The SMILES string of the molecule is Cc1nc2c(c(NC3CCC(n4nc(-c5cccnc5)ccc4=O)CC3)n1)CCC2. The molecule has 3 aromatic rings. The third-order valence-corrected chi connectivity index (χ3v) is 6.21. The predicted molar refractivity (Wildman–Crippen MR) is 115 cm³/mol. The van der Waals surface area contributed by atoms with Crippen molar-refractivity contribution in [2.45, 2.75) is 64.0 Å². The first-order valence-corrected chi connectivity index (χ1v) is 10.8. The Bertz CT molecular complexity index is 1100. The molecule has 0 amide bonds. The maximum absolute atomic E-state index is 12.5. The monoisotopic (exact) mass is 402 g/mol. The highest BCUT2D eigenvalue weighted by Crippen LogP contribution is 2.32. The molecular weight excluding hydrogens is 376 g/mol. The molecule has 7 heteroatoms. The highest BCUT2D eigenvalue weighted by atomic mass is 16.1. The largest absolute Gasteiger partial charge is 0.367 e. The lowest BCUT2D eigenvalue weighted by molar-refractivity contribution is 0.304. The highest BCUT2D eigenvalue weighted by molar-refractivity contribution is 5.56. The average Bonchev–Trinajstić information content (AvgIpc) is 3.24. The molecule has 1 N–H and O–H groups in total. The normalized spacial score (nSPS) is 20.7. The quantitative estimate of drug-likeness (QED) is 0.719. The van der Waals surface area contributed by atoms with Gasteiger partial charge in [-0.25, -0.2) is 14.6 Å². The Morgan fingerprint density at radius 1 is 1.07 bits per heavy atom. The van der Waals surface area contributed by atoms with E-state index in [-0.39, 0.29) is 11.6 Å². The van der Waals surface area contributed by atoms with Gasteiger partial charge in [0.15, 0.2) is 0 Å². The van der Waals surface area contributed by atoms with E-state index < -0.39 is 0 Å². The van der Waals surface area contributed by atoms with Gasteiger partial charge in [-0.1, -0.05) is 0 Å². The molecular formula is C23H26N6O. The lowest BCUT2D eigenvalue weighted by Crippen LogP contribution is -2.33. The zero-order valence-electron chi connectivity index (χ0n) is 17.2. The van der Waals surface area contributed by atoms with Gasteiger partial charge in [0, 0.05) is 41.3 Å². The van der Waals surface area contributed by atoms with E-state index in [2.05, 4.69) is 25.4 Å². The number of aromatic nitrogens is 5. The van der Waals surface area contributed by atoms with Gasteiger partial charge in [0.1, 0.15) is 11.6 Å². The Hall–Kier alpha value is -3.09. The van der Waals surface area contributed by atoms with E-state index in [1.807, 2.05) is 19.1 Å². The maximum Gasteiger partial charge on any atom is 0.267 e. The molecule has 5 rings (SSSR count). The second kappa shape index (κ2) is 7.97. The zero-order chi connectivity index (χ0) is 20.5. The fraction of sp³-hybridized carbons (Fsp3) is 0.435. The summed E-state index contributed by atoms with van der Waals surface area (Å²) in [5, 5.41) is 8.34. The van der Waals surface area contributed by atoms with Gasteiger partial charge < -0.3 is 5.32 Å². The van der Waals surface area contributed by atoms with Gasteiger partial charge in [-0.15, -0.1) is 0 Å². The lowest BCUT2D eigenvalue weighted by Gasteiger charge is -2.30. The molecule has 30 heavy (non-hydrogen) atoms. The molecule has 1 saturated carbocycles. The summed E-state index contributed by atoms with van der Waals surface area (Å²) in [5.74, 6) is 1.86. The van der Waals surface area contributed by atoms with Crippen LogP contribution in [-0.4, -0.2) is 30.8 Å². The summed E-state index contributed by atoms with van der Waals surface area (Å²) in [4.78, 5) is 25.9. The molecule has 0 spiro atoms. The van der Waals surface area contributed by atoms with Gasteiger partial charge in [0.2, 0.25) is 0 Å². The molecule has 1 fully saturated rings. The van der Waals surface area contributed by atoms with Crippen molar-refractivity contribution in [2.24, 2.45) is 0 Å². The van der Waals surface area contributed by atoms with Gasteiger partial charge in [0.25, 0.3) is 5.56 Å². The molecule has 3 heterocycles. The van der Waals surface area contributed by atoms with Gasteiger partial charge >= 0.3 is 0 Å². The molecule has 7 nitrogen and oxygen atoms in total. The summed E-state index contributed by atoms with van der Waals surface area (Å²) in [6, 6.07) is 7.75. The van der Waals surface area contributed by atoms with Crippen molar-refractivity contribution in [1.82, 2.24) is 24.7 Å². The Labute approximate surface area is 175 Å². The van der Waals surface area contributed by atoms with Crippen molar-refractivity contribution in [1.29, 1.82) is 0 Å². The lowest BCUT2D eigenvalue weighted by atomic mass is 9.91. The summed E-state index contributed by atoms with van der Waals surface area (Å²) in [5.41, 5.74) is 4.18. The number of hydrogen-bond acceptors (Lipinski definition) is 6. The van der Waals surface area contributed by atoms with Crippen LogP contribution in [-0.2, 0) is 12.8 Å². The molecule has 0 aromatic carbocycles. The number of pyridine rings is 1. The number of hydrogen-bond donors (Lipinski definition) is 1. The van der Waals surface area contributed by atoms with Crippen LogP contribution in [0.1, 0.15) is 55.2 Å². The number of rotatable bonds is 4. The Kier molecular flexibility index (Phi) is 5.02.